The molecule has 2 rings (SSSR count). The predicted molar refractivity (Wildman–Crippen MR) is 76.5 cm³/mol. The van der Waals surface area contributed by atoms with Crippen LogP contribution >= 0.6 is 15.9 Å². The Kier molecular flexibility index (Phi) is 4.24. The monoisotopic (exact) mass is 337 g/mol. The third-order valence-electron chi connectivity index (χ3n) is 2.76. The van der Waals surface area contributed by atoms with Gasteiger partial charge in [-0.2, -0.15) is 0 Å². The number of carbonyl (C=O) groups is 2. The minimum atomic E-state index is -0.734. The molecule has 1 aromatic carbocycles. The van der Waals surface area contributed by atoms with E-state index in [1.165, 1.54) is 14.2 Å². The van der Waals surface area contributed by atoms with Crippen molar-refractivity contribution in [3.63, 3.8) is 0 Å². The molecule has 5 nitrogen and oxygen atoms in total. The smallest absolute Gasteiger partial charge is 0.347 e. The second-order valence-electron chi connectivity index (χ2n) is 3.91. The molecule has 0 fully saturated rings. The number of benzene rings is 1. The van der Waals surface area contributed by atoms with Crippen molar-refractivity contribution in [1.29, 1.82) is 0 Å². The minimum absolute atomic E-state index is 0.141. The van der Waals surface area contributed by atoms with Crippen LogP contribution in [0.5, 0.6) is 0 Å². The van der Waals surface area contributed by atoms with Crippen LogP contribution in [-0.4, -0.2) is 26.1 Å². The number of esters is 1. The molecule has 0 spiro atoms. The van der Waals surface area contributed by atoms with E-state index >= 15 is 0 Å². The van der Waals surface area contributed by atoms with E-state index < -0.39 is 11.9 Å². The van der Waals surface area contributed by atoms with Crippen molar-refractivity contribution >= 4 is 32.3 Å². The van der Waals surface area contributed by atoms with Gasteiger partial charge in [-0.3, -0.25) is 4.79 Å². The van der Waals surface area contributed by atoms with Gasteiger partial charge in [0.05, 0.1) is 24.4 Å². The first-order valence-electron chi connectivity index (χ1n) is 5.73. The maximum atomic E-state index is 11.9. The minimum Gasteiger partial charge on any atom is -0.493 e. The van der Waals surface area contributed by atoms with Gasteiger partial charge in [-0.25, -0.2) is 4.79 Å². The Morgan fingerprint density at radius 1 is 1.20 bits per heavy atom. The van der Waals surface area contributed by atoms with E-state index in [0.29, 0.717) is 10.2 Å². The van der Waals surface area contributed by atoms with Crippen molar-refractivity contribution < 1.29 is 19.1 Å². The lowest BCUT2D eigenvalue weighted by molar-refractivity contribution is -0.137. The van der Waals surface area contributed by atoms with E-state index in [2.05, 4.69) is 26.0 Å². The largest absolute Gasteiger partial charge is 0.493 e. The summed E-state index contributed by atoms with van der Waals surface area (Å²) in [6.45, 7) is 0. The molecule has 1 aliphatic rings. The molecule has 20 heavy (non-hydrogen) atoms. The van der Waals surface area contributed by atoms with Gasteiger partial charge in [-0.1, -0.05) is 30.3 Å². The number of hydrogen-bond donors (Lipinski definition) is 1. The number of methoxy groups -OCH3 is 2. The lowest BCUT2D eigenvalue weighted by Gasteiger charge is -2.08. The van der Waals surface area contributed by atoms with Gasteiger partial charge in [0.2, 0.25) is 0 Å². The summed E-state index contributed by atoms with van der Waals surface area (Å²) in [6.07, 6.45) is 0. The summed E-state index contributed by atoms with van der Waals surface area (Å²) in [5.74, 6) is -1.11. The average Bonchev–Trinajstić information content (AvgIpc) is 2.83. The Morgan fingerprint density at radius 3 is 2.40 bits per heavy atom. The molecule has 1 N–H and O–H groups in total. The normalized spacial score (nSPS) is 16.9. The Bertz CT molecular complexity index is 619. The van der Waals surface area contributed by atoms with Gasteiger partial charge in [0.15, 0.2) is 11.3 Å². The molecule has 1 amide bonds. The van der Waals surface area contributed by atoms with E-state index in [1.807, 2.05) is 30.3 Å². The third-order valence-corrected chi connectivity index (χ3v) is 3.61. The Labute approximate surface area is 124 Å². The van der Waals surface area contributed by atoms with Gasteiger partial charge < -0.3 is 14.8 Å². The van der Waals surface area contributed by atoms with Gasteiger partial charge in [0.25, 0.3) is 5.91 Å². The first-order chi connectivity index (χ1) is 9.60. The second-order valence-corrected chi connectivity index (χ2v) is 4.70. The van der Waals surface area contributed by atoms with Gasteiger partial charge in [0, 0.05) is 0 Å². The zero-order valence-corrected chi connectivity index (χ0v) is 12.5. The molecular formula is C14H12BrNO4. The maximum absolute atomic E-state index is 11.9. The topological polar surface area (TPSA) is 64.6 Å². The molecule has 1 heterocycles. The van der Waals surface area contributed by atoms with Crippen LogP contribution < -0.4 is 5.32 Å². The Morgan fingerprint density at radius 2 is 1.85 bits per heavy atom. The fourth-order valence-electron chi connectivity index (χ4n) is 1.84. The number of rotatable bonds is 3. The molecule has 0 aliphatic carbocycles. The highest BCUT2D eigenvalue weighted by Gasteiger charge is 2.35. The van der Waals surface area contributed by atoms with Gasteiger partial charge >= 0.3 is 5.97 Å². The van der Waals surface area contributed by atoms with Crippen LogP contribution in [0.3, 0.4) is 0 Å². The fourth-order valence-corrected chi connectivity index (χ4v) is 2.38. The van der Waals surface area contributed by atoms with Crippen molar-refractivity contribution in [2.45, 2.75) is 0 Å². The SMILES string of the molecule is COC(=O)C1=C(OC)/C(=C(/Br)c2ccccc2)NC1=O. The number of halogens is 1. The number of amides is 1. The molecule has 6 heteroatoms. The summed E-state index contributed by atoms with van der Waals surface area (Å²) < 4.78 is 10.4. The number of nitrogens with one attached hydrogen (secondary N) is 1. The summed E-state index contributed by atoms with van der Waals surface area (Å²) in [4.78, 5) is 23.5. The summed E-state index contributed by atoms with van der Waals surface area (Å²) in [5, 5.41) is 2.61. The average molecular weight is 338 g/mol. The van der Waals surface area contributed by atoms with Crippen molar-refractivity contribution in [3.05, 3.63) is 52.9 Å². The van der Waals surface area contributed by atoms with Crippen LogP contribution in [0.1, 0.15) is 5.56 Å². The van der Waals surface area contributed by atoms with Crippen molar-refractivity contribution in [2.24, 2.45) is 0 Å². The zero-order chi connectivity index (χ0) is 14.7. The number of carbonyl (C=O) groups excluding carboxylic acids is 2. The summed E-state index contributed by atoms with van der Waals surface area (Å²) >= 11 is 3.42. The molecule has 0 saturated heterocycles. The maximum Gasteiger partial charge on any atom is 0.347 e. The Balaban J connectivity index is 2.56. The van der Waals surface area contributed by atoms with Crippen LogP contribution in [0.2, 0.25) is 0 Å². The third kappa shape index (κ3) is 2.46. The van der Waals surface area contributed by atoms with Crippen molar-refractivity contribution in [3.8, 4) is 0 Å². The number of hydrogen-bond acceptors (Lipinski definition) is 4. The van der Waals surface area contributed by atoms with Crippen molar-refractivity contribution in [2.75, 3.05) is 14.2 Å². The predicted octanol–water partition coefficient (Wildman–Crippen LogP) is 1.95. The quantitative estimate of drug-likeness (QED) is 0.676. The highest BCUT2D eigenvalue weighted by molar-refractivity contribution is 9.15. The van der Waals surface area contributed by atoms with Crippen LogP contribution in [-0.2, 0) is 19.1 Å². The standard InChI is InChI=1S/C14H12BrNO4/c1-19-12-9(14(18)20-2)13(17)16-11(12)10(15)8-6-4-3-5-7-8/h3-7H,1-2H3,(H,16,17)/b11-10-. The Hall–Kier alpha value is -2.08. The molecular weight excluding hydrogens is 326 g/mol. The lowest BCUT2D eigenvalue weighted by Crippen LogP contribution is -2.21. The van der Waals surface area contributed by atoms with E-state index in [-0.39, 0.29) is 11.3 Å². The first kappa shape index (κ1) is 14.3. The molecule has 1 aromatic rings. The van der Waals surface area contributed by atoms with E-state index in [1.54, 1.807) is 0 Å². The number of ether oxygens (including phenoxy) is 2. The molecule has 0 radical (unpaired) electrons. The van der Waals surface area contributed by atoms with E-state index in [9.17, 15) is 9.59 Å². The second kappa shape index (κ2) is 5.92. The summed E-state index contributed by atoms with van der Waals surface area (Å²) in [6, 6.07) is 9.35. The van der Waals surface area contributed by atoms with Crippen molar-refractivity contribution in [1.82, 2.24) is 5.32 Å². The first-order valence-corrected chi connectivity index (χ1v) is 6.53. The molecule has 0 aromatic heterocycles. The lowest BCUT2D eigenvalue weighted by atomic mass is 10.1. The fraction of sp³-hybridized carbons (Fsp3) is 0.143. The van der Waals surface area contributed by atoms with Gasteiger partial charge in [0.1, 0.15) is 0 Å². The van der Waals surface area contributed by atoms with Crippen LogP contribution in [0.25, 0.3) is 4.48 Å². The molecule has 0 unspecified atom stereocenters. The van der Waals surface area contributed by atoms with Crippen LogP contribution in [0.15, 0.2) is 47.4 Å². The van der Waals surface area contributed by atoms with Gasteiger partial charge in [-0.15, -0.1) is 0 Å². The highest BCUT2D eigenvalue weighted by atomic mass is 79.9. The van der Waals surface area contributed by atoms with E-state index in [4.69, 9.17) is 4.74 Å². The molecule has 0 atom stereocenters. The van der Waals surface area contributed by atoms with E-state index in [0.717, 1.165) is 5.56 Å². The van der Waals surface area contributed by atoms with Gasteiger partial charge in [-0.05, 0) is 21.5 Å². The zero-order valence-electron chi connectivity index (χ0n) is 10.9. The summed E-state index contributed by atoms with van der Waals surface area (Å²) in [7, 11) is 2.60. The van der Waals surface area contributed by atoms with Crippen LogP contribution in [0, 0.1) is 0 Å². The van der Waals surface area contributed by atoms with Crippen LogP contribution in [0.4, 0.5) is 0 Å². The molecule has 104 valence electrons. The molecule has 0 saturated carbocycles. The highest BCUT2D eigenvalue weighted by Crippen LogP contribution is 2.32. The summed E-state index contributed by atoms with van der Waals surface area (Å²) in [5.41, 5.74) is 1.12. The molecule has 1 aliphatic heterocycles. The molecule has 0 bridgehead atoms.